The monoisotopic (exact) mass is 373 g/mol. The zero-order valence-corrected chi connectivity index (χ0v) is 13.4. The average molecular weight is 375 g/mol. The van der Waals surface area contributed by atoms with Gasteiger partial charge in [-0.05, 0) is 40.5 Å². The smallest absolute Gasteiger partial charge is 0.0306 e. The van der Waals surface area contributed by atoms with Crippen LogP contribution >= 0.6 is 43.2 Å². The lowest BCUT2D eigenvalue weighted by molar-refractivity contribution is 0.577. The van der Waals surface area contributed by atoms with Crippen LogP contribution in [0.15, 0.2) is 44.7 Å². The number of rotatable bonds is 4. The first-order valence-corrected chi connectivity index (χ1v) is 7.84. The summed E-state index contributed by atoms with van der Waals surface area (Å²) < 4.78 is 2.32. The van der Waals surface area contributed by atoms with E-state index in [1.165, 1.54) is 10.4 Å². The summed E-state index contributed by atoms with van der Waals surface area (Å²) in [6.45, 7) is 3.08. The lowest BCUT2D eigenvalue weighted by Gasteiger charge is -2.15. The van der Waals surface area contributed by atoms with Crippen LogP contribution in [0.3, 0.4) is 0 Å². The van der Waals surface area contributed by atoms with E-state index in [1.54, 1.807) is 11.3 Å². The van der Waals surface area contributed by atoms with E-state index >= 15 is 0 Å². The molecule has 0 aliphatic heterocycles. The molecule has 0 bridgehead atoms. The maximum absolute atomic E-state index is 3.58. The van der Waals surface area contributed by atoms with Gasteiger partial charge in [0.05, 0.1) is 0 Å². The van der Waals surface area contributed by atoms with Gasteiger partial charge in [0.25, 0.3) is 0 Å². The summed E-state index contributed by atoms with van der Waals surface area (Å²) >= 11 is 8.82. The predicted octanol–water partition coefficient (Wildman–Crippen LogP) is 5.12. The molecule has 0 unspecified atom stereocenters. The molecule has 0 aliphatic carbocycles. The third-order valence-corrected chi connectivity index (χ3v) is 5.00. The van der Waals surface area contributed by atoms with Gasteiger partial charge in [0.15, 0.2) is 0 Å². The molecule has 1 atom stereocenters. The Kier molecular flexibility index (Phi) is 4.79. The molecule has 2 aromatic rings. The molecule has 1 nitrogen and oxygen atoms in total. The molecule has 0 aliphatic rings. The van der Waals surface area contributed by atoms with Crippen LogP contribution in [0.1, 0.15) is 23.4 Å². The Morgan fingerprint density at radius 2 is 2.06 bits per heavy atom. The fourth-order valence-corrected chi connectivity index (χ4v) is 3.67. The van der Waals surface area contributed by atoms with Crippen molar-refractivity contribution in [2.45, 2.75) is 19.5 Å². The van der Waals surface area contributed by atoms with Gasteiger partial charge < -0.3 is 5.32 Å². The number of hydrogen-bond donors (Lipinski definition) is 1. The third kappa shape index (κ3) is 3.65. The lowest BCUT2D eigenvalue weighted by Crippen LogP contribution is -2.17. The van der Waals surface area contributed by atoms with Crippen molar-refractivity contribution in [3.05, 3.63) is 55.1 Å². The Morgan fingerprint density at radius 1 is 1.29 bits per heavy atom. The molecule has 1 aromatic carbocycles. The largest absolute Gasteiger partial charge is 0.305 e. The molecule has 2 rings (SSSR count). The van der Waals surface area contributed by atoms with Crippen molar-refractivity contribution in [1.29, 1.82) is 0 Å². The van der Waals surface area contributed by atoms with Gasteiger partial charge >= 0.3 is 0 Å². The van der Waals surface area contributed by atoms with Crippen LogP contribution < -0.4 is 5.32 Å². The van der Waals surface area contributed by atoms with Crippen molar-refractivity contribution < 1.29 is 0 Å². The molecule has 0 fully saturated rings. The first-order valence-electron chi connectivity index (χ1n) is 5.37. The Hall–Kier alpha value is -0.160. The topological polar surface area (TPSA) is 12.0 Å². The molecular formula is C13H13Br2NS. The molecule has 1 heterocycles. The predicted molar refractivity (Wildman–Crippen MR) is 81.4 cm³/mol. The van der Waals surface area contributed by atoms with Crippen LogP contribution in [0.2, 0.25) is 0 Å². The number of hydrogen-bond acceptors (Lipinski definition) is 2. The number of benzene rings is 1. The summed E-state index contributed by atoms with van der Waals surface area (Å²) in [7, 11) is 0. The quantitative estimate of drug-likeness (QED) is 0.782. The van der Waals surface area contributed by atoms with Gasteiger partial charge in [0.1, 0.15) is 0 Å². The van der Waals surface area contributed by atoms with Gasteiger partial charge in [-0.15, -0.1) is 11.3 Å². The van der Waals surface area contributed by atoms with E-state index in [2.05, 4.69) is 73.7 Å². The fourth-order valence-electron chi connectivity index (χ4n) is 1.64. The van der Waals surface area contributed by atoms with Crippen LogP contribution in [0.5, 0.6) is 0 Å². The van der Waals surface area contributed by atoms with E-state index in [1.807, 2.05) is 6.07 Å². The van der Waals surface area contributed by atoms with E-state index in [4.69, 9.17) is 0 Å². The number of nitrogens with one attached hydrogen (secondary N) is 1. The van der Waals surface area contributed by atoms with E-state index in [-0.39, 0.29) is 0 Å². The Labute approximate surface area is 123 Å². The van der Waals surface area contributed by atoms with Crippen LogP contribution in [0.4, 0.5) is 0 Å². The number of thiophene rings is 1. The van der Waals surface area contributed by atoms with Crippen molar-refractivity contribution in [3.63, 3.8) is 0 Å². The van der Waals surface area contributed by atoms with Crippen LogP contribution in [-0.2, 0) is 6.54 Å². The van der Waals surface area contributed by atoms with Gasteiger partial charge in [-0.2, -0.15) is 0 Å². The summed E-state index contributed by atoms with van der Waals surface area (Å²) in [6.07, 6.45) is 0. The zero-order chi connectivity index (χ0) is 12.3. The molecule has 17 heavy (non-hydrogen) atoms. The second-order valence-corrected chi connectivity index (χ2v) is 6.62. The molecule has 0 amide bonds. The van der Waals surface area contributed by atoms with Crippen molar-refractivity contribution in [2.24, 2.45) is 0 Å². The number of halogens is 2. The van der Waals surface area contributed by atoms with Crippen molar-refractivity contribution in [1.82, 2.24) is 5.32 Å². The molecule has 1 aromatic heterocycles. The Bertz CT molecular complexity index is 496. The molecule has 4 heteroatoms. The maximum atomic E-state index is 3.58. The molecule has 90 valence electrons. The highest BCUT2D eigenvalue weighted by atomic mass is 79.9. The van der Waals surface area contributed by atoms with Crippen molar-refractivity contribution in [3.8, 4) is 0 Å². The van der Waals surface area contributed by atoms with Crippen LogP contribution in [0.25, 0.3) is 0 Å². The molecule has 0 spiro atoms. The SMILES string of the molecule is C[C@@H](NCc1cc(Br)cs1)c1ccccc1Br. The first-order chi connectivity index (χ1) is 8.16. The highest BCUT2D eigenvalue weighted by Crippen LogP contribution is 2.24. The Balaban J connectivity index is 1.98. The minimum absolute atomic E-state index is 0.339. The van der Waals surface area contributed by atoms with Gasteiger partial charge in [-0.25, -0.2) is 0 Å². The molecular weight excluding hydrogens is 362 g/mol. The third-order valence-electron chi connectivity index (χ3n) is 2.58. The molecule has 0 saturated carbocycles. The zero-order valence-electron chi connectivity index (χ0n) is 9.41. The van der Waals surface area contributed by atoms with Crippen molar-refractivity contribution >= 4 is 43.2 Å². The van der Waals surface area contributed by atoms with Gasteiger partial charge in [-0.1, -0.05) is 34.1 Å². The molecule has 0 saturated heterocycles. The second kappa shape index (κ2) is 6.14. The summed E-state index contributed by atoms with van der Waals surface area (Å²) in [5, 5.41) is 5.64. The fraction of sp³-hybridized carbons (Fsp3) is 0.231. The lowest BCUT2D eigenvalue weighted by atomic mass is 10.1. The van der Waals surface area contributed by atoms with Crippen LogP contribution in [-0.4, -0.2) is 0 Å². The van der Waals surface area contributed by atoms with E-state index in [9.17, 15) is 0 Å². The maximum Gasteiger partial charge on any atom is 0.0306 e. The Morgan fingerprint density at radius 3 is 2.71 bits per heavy atom. The summed E-state index contributed by atoms with van der Waals surface area (Å²) in [6, 6.07) is 10.8. The minimum Gasteiger partial charge on any atom is -0.305 e. The summed E-state index contributed by atoms with van der Waals surface area (Å²) in [5.41, 5.74) is 1.29. The highest BCUT2D eigenvalue weighted by Gasteiger charge is 2.08. The normalized spacial score (nSPS) is 12.6. The van der Waals surface area contributed by atoms with E-state index < -0.39 is 0 Å². The van der Waals surface area contributed by atoms with E-state index in [0.29, 0.717) is 6.04 Å². The summed E-state index contributed by atoms with van der Waals surface area (Å²) in [5.74, 6) is 0. The second-order valence-electron chi connectivity index (χ2n) is 3.86. The van der Waals surface area contributed by atoms with Crippen LogP contribution in [0, 0.1) is 0 Å². The van der Waals surface area contributed by atoms with E-state index in [0.717, 1.165) is 15.5 Å². The summed E-state index contributed by atoms with van der Waals surface area (Å²) in [4.78, 5) is 1.34. The average Bonchev–Trinajstić information content (AvgIpc) is 2.73. The van der Waals surface area contributed by atoms with Gasteiger partial charge in [0.2, 0.25) is 0 Å². The van der Waals surface area contributed by atoms with Gasteiger partial charge in [-0.3, -0.25) is 0 Å². The standard InChI is InChI=1S/C13H13Br2NS/c1-9(12-4-2-3-5-13(12)15)16-7-11-6-10(14)8-17-11/h2-6,8-9,16H,7H2,1H3/t9-/m1/s1. The van der Waals surface area contributed by atoms with Gasteiger partial charge in [0, 0.05) is 31.8 Å². The first kappa shape index (κ1) is 13.3. The minimum atomic E-state index is 0.339. The van der Waals surface area contributed by atoms with Crippen molar-refractivity contribution in [2.75, 3.05) is 0 Å². The highest BCUT2D eigenvalue weighted by molar-refractivity contribution is 9.10. The molecule has 1 N–H and O–H groups in total. The molecule has 0 radical (unpaired) electrons.